The number of benzene rings is 1. The van der Waals surface area contributed by atoms with Crippen molar-refractivity contribution in [3.8, 4) is 0 Å². The molecule has 2 atom stereocenters. The molecule has 1 unspecified atom stereocenters. The molecule has 1 saturated carbocycles. The highest BCUT2D eigenvalue weighted by atomic mass is 16.5. The van der Waals surface area contributed by atoms with Gasteiger partial charge in [-0.05, 0) is 37.9 Å². The molecule has 0 aromatic heterocycles. The van der Waals surface area contributed by atoms with E-state index in [9.17, 15) is 0 Å². The van der Waals surface area contributed by atoms with Crippen LogP contribution < -0.4 is 5.32 Å². The van der Waals surface area contributed by atoms with E-state index in [1.807, 2.05) is 0 Å². The molecule has 110 valence electrons. The van der Waals surface area contributed by atoms with Gasteiger partial charge in [-0.25, -0.2) is 0 Å². The third kappa shape index (κ3) is 3.60. The topological polar surface area (TPSA) is 24.5 Å². The second-order valence-corrected chi connectivity index (χ2v) is 6.13. The molecule has 0 spiro atoms. The Kier molecular flexibility index (Phi) is 4.71. The van der Waals surface area contributed by atoms with Crippen molar-refractivity contribution >= 4 is 0 Å². The molecule has 2 aliphatic rings. The summed E-state index contributed by atoms with van der Waals surface area (Å²) in [6.07, 6.45) is 3.87. The van der Waals surface area contributed by atoms with Gasteiger partial charge in [0.15, 0.2) is 0 Å². The van der Waals surface area contributed by atoms with Gasteiger partial charge in [-0.2, -0.15) is 0 Å². The first-order chi connectivity index (χ1) is 9.86. The Morgan fingerprint density at radius 2 is 1.95 bits per heavy atom. The molecule has 1 aliphatic heterocycles. The molecule has 0 amide bonds. The maximum absolute atomic E-state index is 5.15. The number of likely N-dealkylation sites (tertiary alicyclic amines) is 1. The molecule has 1 saturated heterocycles. The van der Waals surface area contributed by atoms with Gasteiger partial charge in [-0.15, -0.1) is 0 Å². The minimum absolute atomic E-state index is 0.715. The number of nitrogens with one attached hydrogen (secondary N) is 1. The van der Waals surface area contributed by atoms with Crippen LogP contribution in [0.4, 0.5) is 0 Å². The summed E-state index contributed by atoms with van der Waals surface area (Å²) in [5, 5.41) is 3.86. The van der Waals surface area contributed by atoms with Gasteiger partial charge in [-0.1, -0.05) is 30.3 Å². The standard InChI is InChI=1S/C17H26N2O/c1-20-12-11-19-9-7-15(8-10-19)18-17-13-16(17)14-5-3-2-4-6-14/h2-6,15-18H,7-13H2,1H3/t16?,17-/m1/s1. The Hall–Kier alpha value is -0.900. The Balaban J connectivity index is 1.39. The van der Waals surface area contributed by atoms with Crippen LogP contribution >= 0.6 is 0 Å². The minimum atomic E-state index is 0.715. The normalized spacial score (nSPS) is 27.6. The van der Waals surface area contributed by atoms with Crippen LogP contribution in [0.3, 0.4) is 0 Å². The molecule has 1 N–H and O–H groups in total. The number of hydrogen-bond acceptors (Lipinski definition) is 3. The average molecular weight is 274 g/mol. The fourth-order valence-corrected chi connectivity index (χ4v) is 3.29. The van der Waals surface area contributed by atoms with E-state index in [4.69, 9.17) is 4.74 Å². The van der Waals surface area contributed by atoms with E-state index >= 15 is 0 Å². The molecule has 1 heterocycles. The average Bonchev–Trinajstić information content (AvgIpc) is 3.27. The van der Waals surface area contributed by atoms with E-state index in [0.717, 1.165) is 19.1 Å². The number of nitrogens with zero attached hydrogens (tertiary/aromatic N) is 1. The quantitative estimate of drug-likeness (QED) is 0.861. The molecule has 2 fully saturated rings. The Morgan fingerprint density at radius 1 is 1.20 bits per heavy atom. The summed E-state index contributed by atoms with van der Waals surface area (Å²) < 4.78 is 5.15. The highest BCUT2D eigenvalue weighted by Crippen LogP contribution is 2.41. The number of ether oxygens (including phenoxy) is 1. The van der Waals surface area contributed by atoms with Crippen molar-refractivity contribution in [2.45, 2.75) is 37.3 Å². The maximum Gasteiger partial charge on any atom is 0.0589 e. The van der Waals surface area contributed by atoms with Crippen LogP contribution in [0.1, 0.15) is 30.7 Å². The fourth-order valence-electron chi connectivity index (χ4n) is 3.29. The van der Waals surface area contributed by atoms with Gasteiger partial charge in [0.05, 0.1) is 6.61 Å². The number of methoxy groups -OCH3 is 1. The van der Waals surface area contributed by atoms with Crippen molar-refractivity contribution in [3.05, 3.63) is 35.9 Å². The maximum atomic E-state index is 5.15. The van der Waals surface area contributed by atoms with Crippen LogP contribution in [0.2, 0.25) is 0 Å². The van der Waals surface area contributed by atoms with Crippen molar-refractivity contribution < 1.29 is 4.74 Å². The minimum Gasteiger partial charge on any atom is -0.383 e. The number of rotatable bonds is 6. The molecule has 3 rings (SSSR count). The Bertz CT molecular complexity index is 401. The molecule has 0 radical (unpaired) electrons. The van der Waals surface area contributed by atoms with Crippen molar-refractivity contribution in [1.29, 1.82) is 0 Å². The van der Waals surface area contributed by atoms with Crippen LogP contribution in [0.15, 0.2) is 30.3 Å². The molecule has 20 heavy (non-hydrogen) atoms. The summed E-state index contributed by atoms with van der Waals surface area (Å²) in [4.78, 5) is 2.52. The molecular formula is C17H26N2O. The predicted molar refractivity (Wildman–Crippen MR) is 82.1 cm³/mol. The second kappa shape index (κ2) is 6.70. The predicted octanol–water partition coefficient (Wildman–Crippen LogP) is 2.24. The molecule has 1 aromatic rings. The SMILES string of the molecule is COCCN1CCC(N[C@@H]2CC2c2ccccc2)CC1. The van der Waals surface area contributed by atoms with Crippen molar-refractivity contribution in [2.24, 2.45) is 0 Å². The van der Waals surface area contributed by atoms with Gasteiger partial charge in [0.25, 0.3) is 0 Å². The molecule has 0 bridgehead atoms. The van der Waals surface area contributed by atoms with E-state index in [0.29, 0.717) is 12.1 Å². The largest absolute Gasteiger partial charge is 0.383 e. The van der Waals surface area contributed by atoms with Crippen LogP contribution in [0.5, 0.6) is 0 Å². The second-order valence-electron chi connectivity index (χ2n) is 6.13. The van der Waals surface area contributed by atoms with Crippen molar-refractivity contribution in [3.63, 3.8) is 0 Å². The lowest BCUT2D eigenvalue weighted by atomic mass is 10.0. The molecule has 3 heteroatoms. The first-order valence-electron chi connectivity index (χ1n) is 7.89. The van der Waals surface area contributed by atoms with Crippen LogP contribution in [0, 0.1) is 0 Å². The summed E-state index contributed by atoms with van der Waals surface area (Å²) in [5.74, 6) is 0.753. The van der Waals surface area contributed by atoms with Crippen LogP contribution in [-0.4, -0.2) is 50.3 Å². The Morgan fingerprint density at radius 3 is 2.65 bits per heavy atom. The smallest absolute Gasteiger partial charge is 0.0589 e. The monoisotopic (exact) mass is 274 g/mol. The van der Waals surface area contributed by atoms with Crippen LogP contribution in [0.25, 0.3) is 0 Å². The van der Waals surface area contributed by atoms with E-state index < -0.39 is 0 Å². The number of hydrogen-bond donors (Lipinski definition) is 1. The molecule has 1 aliphatic carbocycles. The van der Waals surface area contributed by atoms with Gasteiger partial charge in [0.1, 0.15) is 0 Å². The zero-order valence-electron chi connectivity index (χ0n) is 12.4. The summed E-state index contributed by atoms with van der Waals surface area (Å²) in [5.41, 5.74) is 1.50. The summed E-state index contributed by atoms with van der Waals surface area (Å²) in [6.45, 7) is 4.36. The van der Waals surface area contributed by atoms with Crippen LogP contribution in [-0.2, 0) is 4.74 Å². The molecular weight excluding hydrogens is 248 g/mol. The first-order valence-corrected chi connectivity index (χ1v) is 7.89. The summed E-state index contributed by atoms with van der Waals surface area (Å²) in [6, 6.07) is 12.4. The molecule has 3 nitrogen and oxygen atoms in total. The third-order valence-electron chi connectivity index (χ3n) is 4.67. The van der Waals surface area contributed by atoms with Gasteiger partial charge < -0.3 is 15.0 Å². The first kappa shape index (κ1) is 14.1. The fraction of sp³-hybridized carbons (Fsp3) is 0.647. The third-order valence-corrected chi connectivity index (χ3v) is 4.67. The van der Waals surface area contributed by atoms with Crippen molar-refractivity contribution in [2.75, 3.05) is 33.4 Å². The zero-order valence-corrected chi connectivity index (χ0v) is 12.4. The summed E-state index contributed by atoms with van der Waals surface area (Å²) >= 11 is 0. The lowest BCUT2D eigenvalue weighted by Gasteiger charge is -2.32. The van der Waals surface area contributed by atoms with Gasteiger partial charge in [0.2, 0.25) is 0 Å². The lowest BCUT2D eigenvalue weighted by Crippen LogP contribution is -2.44. The zero-order chi connectivity index (χ0) is 13.8. The summed E-state index contributed by atoms with van der Waals surface area (Å²) in [7, 11) is 1.78. The van der Waals surface area contributed by atoms with E-state index in [1.165, 1.54) is 37.9 Å². The highest BCUT2D eigenvalue weighted by molar-refractivity contribution is 5.27. The highest BCUT2D eigenvalue weighted by Gasteiger charge is 2.39. The van der Waals surface area contributed by atoms with E-state index in [1.54, 1.807) is 7.11 Å². The van der Waals surface area contributed by atoms with Gasteiger partial charge in [-0.3, -0.25) is 0 Å². The Labute approximate surface area is 122 Å². The van der Waals surface area contributed by atoms with E-state index in [2.05, 4.69) is 40.5 Å². The number of piperidine rings is 1. The lowest BCUT2D eigenvalue weighted by molar-refractivity contribution is 0.126. The van der Waals surface area contributed by atoms with Gasteiger partial charge >= 0.3 is 0 Å². The van der Waals surface area contributed by atoms with Gasteiger partial charge in [0, 0.05) is 31.7 Å². The van der Waals surface area contributed by atoms with E-state index in [-0.39, 0.29) is 0 Å². The molecule has 1 aromatic carbocycles. The van der Waals surface area contributed by atoms with Crippen molar-refractivity contribution in [1.82, 2.24) is 10.2 Å².